The number of hydrogen-bond acceptors (Lipinski definition) is 7. The van der Waals surface area contributed by atoms with Gasteiger partial charge in [0.1, 0.15) is 0 Å². The van der Waals surface area contributed by atoms with Gasteiger partial charge < -0.3 is 19.8 Å². The van der Waals surface area contributed by atoms with Crippen LogP contribution < -0.4 is 10.2 Å². The van der Waals surface area contributed by atoms with E-state index in [0.29, 0.717) is 0 Å². The van der Waals surface area contributed by atoms with Crippen molar-refractivity contribution in [3.63, 3.8) is 0 Å². The van der Waals surface area contributed by atoms with Crippen molar-refractivity contribution in [2.24, 2.45) is 11.8 Å². The van der Waals surface area contributed by atoms with Crippen LogP contribution in [-0.2, 0) is 51.3 Å². The van der Waals surface area contributed by atoms with E-state index in [2.05, 4.69) is 0 Å². The molecule has 2 unspecified atom stereocenters. The van der Waals surface area contributed by atoms with Gasteiger partial charge in [-0.3, -0.25) is 14.4 Å². The smallest absolute Gasteiger partial charge is 0.550 e. The van der Waals surface area contributed by atoms with E-state index in [9.17, 15) is 14.4 Å². The van der Waals surface area contributed by atoms with E-state index in [0.717, 1.165) is 39.5 Å². The van der Waals surface area contributed by atoms with E-state index in [1.54, 1.807) is 0 Å². The van der Waals surface area contributed by atoms with Crippen molar-refractivity contribution in [1.82, 2.24) is 0 Å². The Bertz CT molecular complexity index is 384. The predicted octanol–water partition coefficient (Wildman–Crippen LogP) is -1.98. The van der Waals surface area contributed by atoms with Crippen LogP contribution in [0.15, 0.2) is 0 Å². The summed E-state index contributed by atoms with van der Waals surface area (Å²) in [5, 5.41) is 17.8. The van der Waals surface area contributed by atoms with Crippen LogP contribution in [0.5, 0.6) is 0 Å². The van der Waals surface area contributed by atoms with Gasteiger partial charge in [-0.1, -0.05) is 12.8 Å². The van der Waals surface area contributed by atoms with E-state index >= 15 is 0 Å². The van der Waals surface area contributed by atoms with Crippen molar-refractivity contribution in [2.75, 3.05) is 0 Å². The topological polar surface area (TPSA) is 131 Å². The Kier molecular flexibility index (Phi) is 11.2. The summed E-state index contributed by atoms with van der Waals surface area (Å²) in [4.78, 5) is 51.1. The van der Waals surface area contributed by atoms with Gasteiger partial charge in [-0.25, -0.2) is 0 Å². The van der Waals surface area contributed by atoms with E-state index in [-0.39, 0.29) is 39.1 Å². The Morgan fingerprint density at radius 1 is 0.857 bits per heavy atom. The summed E-state index contributed by atoms with van der Waals surface area (Å²) in [6.45, 7) is 1.94. The van der Waals surface area contributed by atoms with Gasteiger partial charge in [-0.2, -0.15) is 0 Å². The molecule has 2 atom stereocenters. The number of Topliss-reactive ketones (excluding diaryl/α,β-unsaturated/α-hetero) is 3. The zero-order chi connectivity index (χ0) is 15.9. The fraction of sp³-hybridized carbons (Fsp3) is 0.615. The van der Waals surface area contributed by atoms with Crippen LogP contribution in [0.25, 0.3) is 0 Å². The first-order chi connectivity index (χ1) is 9.18. The third-order valence-electron chi connectivity index (χ3n) is 2.89. The molecule has 0 radical (unpaired) electrons. The van der Waals surface area contributed by atoms with Gasteiger partial charge >= 0.3 is 27.3 Å². The number of hydrogen-bond donors (Lipinski definition) is 0. The van der Waals surface area contributed by atoms with E-state index in [1.807, 2.05) is 0 Å². The fourth-order valence-electron chi connectivity index (χ4n) is 2.22. The van der Waals surface area contributed by atoms with Crippen molar-refractivity contribution < 1.29 is 61.5 Å². The van der Waals surface area contributed by atoms with Gasteiger partial charge in [0.05, 0.1) is 0 Å². The second kappa shape index (κ2) is 10.6. The first-order valence-electron chi connectivity index (χ1n) is 6.16. The molecule has 0 heterocycles. The zero-order valence-corrected chi connectivity index (χ0v) is 16.1. The molecule has 7 nitrogen and oxygen atoms in total. The number of ketones is 3. The summed E-state index contributed by atoms with van der Waals surface area (Å²) in [5.74, 6) is -4.27. The molecule has 21 heavy (non-hydrogen) atoms. The Hall–Kier alpha value is -1.13. The molecule has 2 fully saturated rings. The number of carbonyl (C=O) groups excluding carboxylic acids is 5. The standard InChI is InChI=1S/C9H10O3.2C2H4O2.Cd/c10-7-5-3-1-2-4-6(5)8(11)9(7)12;2*1-2(3)4;/h5-6H,1-4H2;2*1H3,(H,3,4);/q;;;+2/p-2. The van der Waals surface area contributed by atoms with Crippen molar-refractivity contribution >= 4 is 29.3 Å². The summed E-state index contributed by atoms with van der Waals surface area (Å²) in [6.07, 6.45) is 3.43. The molecule has 2 saturated carbocycles. The van der Waals surface area contributed by atoms with Crippen LogP contribution in [0, 0.1) is 11.8 Å². The molecule has 2 aliphatic rings. The van der Waals surface area contributed by atoms with Crippen LogP contribution in [0.2, 0.25) is 0 Å². The first-order valence-corrected chi connectivity index (χ1v) is 6.16. The molecule has 0 saturated heterocycles. The maximum absolute atomic E-state index is 11.2. The third-order valence-corrected chi connectivity index (χ3v) is 2.89. The van der Waals surface area contributed by atoms with Gasteiger partial charge in [-0.15, -0.1) is 0 Å². The minimum Gasteiger partial charge on any atom is -0.550 e. The van der Waals surface area contributed by atoms with Gasteiger partial charge in [-0.05, 0) is 26.7 Å². The fourth-order valence-corrected chi connectivity index (χ4v) is 2.22. The van der Waals surface area contributed by atoms with Crippen molar-refractivity contribution in [1.29, 1.82) is 0 Å². The van der Waals surface area contributed by atoms with Crippen molar-refractivity contribution in [2.45, 2.75) is 39.5 Å². The molecule has 0 aromatic carbocycles. The van der Waals surface area contributed by atoms with Gasteiger partial charge in [0, 0.05) is 23.8 Å². The molecule has 0 bridgehead atoms. The van der Waals surface area contributed by atoms with E-state index in [4.69, 9.17) is 19.8 Å². The Balaban J connectivity index is 0. The molecule has 2 rings (SSSR count). The average Bonchev–Trinajstić information content (AvgIpc) is 2.54. The van der Waals surface area contributed by atoms with Crippen molar-refractivity contribution in [3.8, 4) is 0 Å². The molecule has 0 aromatic heterocycles. The molecule has 0 N–H and O–H groups in total. The van der Waals surface area contributed by atoms with Gasteiger partial charge in [0.15, 0.2) is 0 Å². The number of fused-ring (bicyclic) bond motifs is 1. The summed E-state index contributed by atoms with van der Waals surface area (Å²) in [7, 11) is 0. The Morgan fingerprint density at radius 2 is 1.10 bits per heavy atom. The number of rotatable bonds is 0. The quantitative estimate of drug-likeness (QED) is 0.342. The number of carbonyl (C=O) groups is 5. The predicted molar refractivity (Wildman–Crippen MR) is 61.8 cm³/mol. The molecule has 0 aliphatic heterocycles. The average molecular weight is 397 g/mol. The van der Waals surface area contributed by atoms with E-state index < -0.39 is 29.3 Å². The number of aliphatic carboxylic acids is 2. The third kappa shape index (κ3) is 8.03. The minimum absolute atomic E-state index is 0. The van der Waals surface area contributed by atoms with Crippen LogP contribution in [0.1, 0.15) is 39.5 Å². The molecular weight excluding hydrogens is 381 g/mol. The first kappa shape index (κ1) is 22.2. The number of carboxylic acid groups (broad SMARTS) is 2. The summed E-state index contributed by atoms with van der Waals surface area (Å²) in [6, 6.07) is 0. The molecule has 0 amide bonds. The summed E-state index contributed by atoms with van der Waals surface area (Å²) < 4.78 is 0. The molecule has 8 heteroatoms. The monoisotopic (exact) mass is 398 g/mol. The molecule has 0 aromatic rings. The van der Waals surface area contributed by atoms with Crippen molar-refractivity contribution in [3.05, 3.63) is 0 Å². The molecule has 2 aliphatic carbocycles. The van der Waals surface area contributed by atoms with E-state index in [1.165, 1.54) is 0 Å². The van der Waals surface area contributed by atoms with Crippen LogP contribution in [0.4, 0.5) is 0 Å². The maximum atomic E-state index is 11.2. The second-order valence-corrected chi connectivity index (χ2v) is 4.54. The number of carboxylic acids is 2. The summed E-state index contributed by atoms with van der Waals surface area (Å²) >= 11 is 0. The Morgan fingerprint density at radius 3 is 1.33 bits per heavy atom. The SMILES string of the molecule is CC(=O)[O-].CC(=O)[O-].O=C1C(=O)C2CCCCC2C1=O.[Cd+2]. The maximum Gasteiger partial charge on any atom is 2.00 e. The molecule has 112 valence electrons. The van der Waals surface area contributed by atoms with Gasteiger partial charge in [0.25, 0.3) is 5.78 Å². The Labute approximate surface area is 142 Å². The normalized spacial score (nSPS) is 22.7. The van der Waals surface area contributed by atoms with Crippen LogP contribution in [-0.4, -0.2) is 29.3 Å². The largest absolute Gasteiger partial charge is 2.00 e. The zero-order valence-electron chi connectivity index (χ0n) is 12.0. The summed E-state index contributed by atoms with van der Waals surface area (Å²) in [5.41, 5.74) is 0. The van der Waals surface area contributed by atoms with Crippen LogP contribution in [0.3, 0.4) is 0 Å². The van der Waals surface area contributed by atoms with Gasteiger partial charge in [0.2, 0.25) is 11.6 Å². The minimum atomic E-state index is -1.08. The second-order valence-electron chi connectivity index (χ2n) is 4.54. The molecular formula is C13H16CdO7. The molecule has 0 spiro atoms. The van der Waals surface area contributed by atoms with Crippen LogP contribution >= 0.6 is 0 Å².